The molecule has 1 aromatic carbocycles. The number of piperidine rings is 1. The number of likely N-dealkylation sites (N-methyl/N-ethyl adjacent to an activating group) is 1. The van der Waals surface area contributed by atoms with E-state index < -0.39 is 0 Å². The number of nitrogens with one attached hydrogen (secondary N) is 1. The molecular weight excluding hydrogens is 240 g/mol. The fraction of sp³-hybridized carbons (Fsp3) is 0.600. The van der Waals surface area contributed by atoms with Gasteiger partial charge < -0.3 is 10.2 Å². The van der Waals surface area contributed by atoms with Gasteiger partial charge in [-0.25, -0.2) is 0 Å². The second-order valence-corrected chi connectivity index (χ2v) is 6.14. The fourth-order valence-corrected chi connectivity index (χ4v) is 3.05. The van der Waals surface area contributed by atoms with Crippen LogP contribution >= 0.6 is 11.8 Å². The van der Waals surface area contributed by atoms with Gasteiger partial charge in [-0.05, 0) is 57.3 Å². The Kier molecular flexibility index (Phi) is 5.10. The summed E-state index contributed by atoms with van der Waals surface area (Å²) in [5.74, 6) is 0. The summed E-state index contributed by atoms with van der Waals surface area (Å²) >= 11 is 1.80. The highest BCUT2D eigenvalue weighted by atomic mass is 32.2. The van der Waals surface area contributed by atoms with E-state index in [1.54, 1.807) is 11.8 Å². The van der Waals surface area contributed by atoms with Crippen LogP contribution in [0, 0.1) is 0 Å². The van der Waals surface area contributed by atoms with Gasteiger partial charge in [0, 0.05) is 23.5 Å². The quantitative estimate of drug-likeness (QED) is 0.841. The van der Waals surface area contributed by atoms with Crippen molar-refractivity contribution in [1.82, 2.24) is 10.2 Å². The number of likely N-dealkylation sites (tertiary alicyclic amines) is 1. The molecule has 1 saturated heterocycles. The lowest BCUT2D eigenvalue weighted by Crippen LogP contribution is -2.44. The molecular formula is C15H24N2S. The van der Waals surface area contributed by atoms with Gasteiger partial charge in [0.1, 0.15) is 0 Å². The smallest absolute Gasteiger partial charge is 0.0294 e. The van der Waals surface area contributed by atoms with Gasteiger partial charge in [0.2, 0.25) is 0 Å². The number of benzene rings is 1. The first-order chi connectivity index (χ1) is 8.69. The maximum absolute atomic E-state index is 3.75. The molecule has 0 amide bonds. The lowest BCUT2D eigenvalue weighted by molar-refractivity contribution is 0.218. The van der Waals surface area contributed by atoms with Crippen molar-refractivity contribution < 1.29 is 0 Å². The summed E-state index contributed by atoms with van der Waals surface area (Å²) in [6.45, 7) is 4.69. The van der Waals surface area contributed by atoms with Crippen LogP contribution in [0.2, 0.25) is 0 Å². The minimum absolute atomic E-state index is 0.442. The Morgan fingerprint density at radius 1 is 1.33 bits per heavy atom. The topological polar surface area (TPSA) is 15.3 Å². The number of rotatable bonds is 4. The predicted molar refractivity (Wildman–Crippen MR) is 80.3 cm³/mol. The lowest BCUT2D eigenvalue weighted by Gasteiger charge is -2.32. The van der Waals surface area contributed by atoms with E-state index in [0.29, 0.717) is 12.1 Å². The zero-order valence-electron chi connectivity index (χ0n) is 11.6. The molecule has 0 saturated carbocycles. The minimum atomic E-state index is 0.442. The molecule has 3 heteroatoms. The van der Waals surface area contributed by atoms with Gasteiger partial charge in [0.15, 0.2) is 0 Å². The summed E-state index contributed by atoms with van der Waals surface area (Å²) in [6, 6.07) is 10.00. The second kappa shape index (κ2) is 6.60. The first-order valence-electron chi connectivity index (χ1n) is 6.77. The molecule has 1 aliphatic rings. The monoisotopic (exact) mass is 264 g/mol. The van der Waals surface area contributed by atoms with Crippen molar-refractivity contribution in [3.8, 4) is 0 Å². The molecule has 1 heterocycles. The van der Waals surface area contributed by atoms with Gasteiger partial charge in [-0.3, -0.25) is 0 Å². The second-order valence-electron chi connectivity index (χ2n) is 5.26. The summed E-state index contributed by atoms with van der Waals surface area (Å²) in [6.07, 6.45) is 4.73. The largest absolute Gasteiger partial charge is 0.306 e. The molecule has 2 nitrogen and oxygen atoms in total. The Hall–Kier alpha value is -0.510. The van der Waals surface area contributed by atoms with E-state index in [1.807, 2.05) is 0 Å². The number of hydrogen-bond acceptors (Lipinski definition) is 3. The number of nitrogens with zero attached hydrogens (tertiary/aromatic N) is 1. The Balaban J connectivity index is 1.91. The zero-order chi connectivity index (χ0) is 13.0. The Morgan fingerprint density at radius 2 is 2.06 bits per heavy atom. The maximum atomic E-state index is 3.75. The van der Waals surface area contributed by atoms with Crippen LogP contribution in [-0.2, 0) is 0 Å². The van der Waals surface area contributed by atoms with Crippen LogP contribution < -0.4 is 5.32 Å². The summed E-state index contributed by atoms with van der Waals surface area (Å²) in [4.78, 5) is 3.76. The van der Waals surface area contributed by atoms with Gasteiger partial charge in [-0.1, -0.05) is 12.1 Å². The van der Waals surface area contributed by atoms with E-state index in [0.717, 1.165) is 0 Å². The molecule has 0 aliphatic carbocycles. The van der Waals surface area contributed by atoms with Crippen LogP contribution in [0.1, 0.15) is 31.4 Å². The van der Waals surface area contributed by atoms with Crippen LogP contribution in [-0.4, -0.2) is 37.3 Å². The molecule has 0 radical (unpaired) electrons. The predicted octanol–water partition coefficient (Wildman–Crippen LogP) is 3.15. The van der Waals surface area contributed by atoms with Crippen molar-refractivity contribution in [1.29, 1.82) is 0 Å². The highest BCUT2D eigenvalue weighted by Gasteiger charge is 2.18. The lowest BCUT2D eigenvalue weighted by atomic mass is 10.0. The van der Waals surface area contributed by atoms with Crippen LogP contribution in [0.5, 0.6) is 0 Å². The normalized spacial score (nSPS) is 22.9. The third kappa shape index (κ3) is 3.74. The summed E-state index contributed by atoms with van der Waals surface area (Å²) in [5, 5.41) is 3.75. The minimum Gasteiger partial charge on any atom is -0.306 e. The summed E-state index contributed by atoms with van der Waals surface area (Å²) in [5.41, 5.74) is 1.39. The summed E-state index contributed by atoms with van der Waals surface area (Å²) in [7, 11) is 2.21. The van der Waals surface area contributed by atoms with E-state index in [1.165, 1.54) is 36.4 Å². The molecule has 0 spiro atoms. The van der Waals surface area contributed by atoms with E-state index in [-0.39, 0.29) is 0 Å². The van der Waals surface area contributed by atoms with Crippen molar-refractivity contribution in [2.24, 2.45) is 0 Å². The van der Waals surface area contributed by atoms with Crippen molar-refractivity contribution in [3.05, 3.63) is 29.8 Å². The molecule has 2 atom stereocenters. The van der Waals surface area contributed by atoms with Gasteiger partial charge in [0.05, 0.1) is 0 Å². The van der Waals surface area contributed by atoms with E-state index in [9.17, 15) is 0 Å². The highest BCUT2D eigenvalue weighted by molar-refractivity contribution is 7.98. The first-order valence-corrected chi connectivity index (χ1v) is 8.00. The zero-order valence-corrected chi connectivity index (χ0v) is 12.5. The SMILES string of the molecule is CSc1ccc(C(C)NC2CCCN(C)C2)cc1. The van der Waals surface area contributed by atoms with E-state index in [4.69, 9.17) is 0 Å². The molecule has 2 rings (SSSR count). The fourth-order valence-electron chi connectivity index (χ4n) is 2.64. The average molecular weight is 264 g/mol. The molecule has 0 bridgehead atoms. The van der Waals surface area contributed by atoms with Crippen molar-refractivity contribution in [3.63, 3.8) is 0 Å². The number of thioether (sulfide) groups is 1. The van der Waals surface area contributed by atoms with Crippen molar-refractivity contribution >= 4 is 11.8 Å². The molecule has 18 heavy (non-hydrogen) atoms. The molecule has 1 aliphatic heterocycles. The molecule has 0 aromatic heterocycles. The molecule has 1 fully saturated rings. The average Bonchev–Trinajstić information content (AvgIpc) is 2.39. The van der Waals surface area contributed by atoms with Gasteiger partial charge in [-0.2, -0.15) is 0 Å². The van der Waals surface area contributed by atoms with Gasteiger partial charge in [-0.15, -0.1) is 11.8 Å². The van der Waals surface area contributed by atoms with E-state index >= 15 is 0 Å². The Bertz CT molecular complexity index is 363. The highest BCUT2D eigenvalue weighted by Crippen LogP contribution is 2.20. The van der Waals surface area contributed by atoms with Crippen LogP contribution in [0.4, 0.5) is 0 Å². The van der Waals surface area contributed by atoms with Crippen LogP contribution in [0.3, 0.4) is 0 Å². The van der Waals surface area contributed by atoms with Crippen LogP contribution in [0.25, 0.3) is 0 Å². The molecule has 1 aromatic rings. The molecule has 1 N–H and O–H groups in total. The molecule has 100 valence electrons. The first kappa shape index (κ1) is 13.9. The standard InChI is InChI=1S/C15H24N2S/c1-12(13-6-8-15(18-3)9-7-13)16-14-5-4-10-17(2)11-14/h6-9,12,14,16H,4-5,10-11H2,1-3H3. The number of hydrogen-bond donors (Lipinski definition) is 1. The maximum Gasteiger partial charge on any atom is 0.0294 e. The molecule has 2 unspecified atom stereocenters. The Labute approximate surface area is 115 Å². The Morgan fingerprint density at radius 3 is 2.67 bits per heavy atom. The van der Waals surface area contributed by atoms with Crippen molar-refractivity contribution in [2.45, 2.75) is 36.7 Å². The van der Waals surface area contributed by atoms with Crippen LogP contribution in [0.15, 0.2) is 29.2 Å². The van der Waals surface area contributed by atoms with Gasteiger partial charge >= 0.3 is 0 Å². The third-order valence-electron chi connectivity index (χ3n) is 3.73. The van der Waals surface area contributed by atoms with Gasteiger partial charge in [0.25, 0.3) is 0 Å². The third-order valence-corrected chi connectivity index (χ3v) is 4.47. The van der Waals surface area contributed by atoms with Crippen molar-refractivity contribution in [2.75, 3.05) is 26.4 Å². The summed E-state index contributed by atoms with van der Waals surface area (Å²) < 4.78 is 0. The van der Waals surface area contributed by atoms with E-state index in [2.05, 4.69) is 54.7 Å².